The Balaban J connectivity index is 2.30. The molecule has 21 heavy (non-hydrogen) atoms. The predicted octanol–water partition coefficient (Wildman–Crippen LogP) is 2.11. The van der Waals surface area contributed by atoms with Crippen LogP contribution >= 0.6 is 0 Å². The van der Waals surface area contributed by atoms with E-state index in [0.717, 1.165) is 10.8 Å². The fraction of sp³-hybridized carbons (Fsp3) is 0.308. The number of sulfonamides is 1. The van der Waals surface area contributed by atoms with E-state index in [9.17, 15) is 17.2 Å². The molecule has 0 aliphatic rings. The number of rotatable bonds is 6. The van der Waals surface area contributed by atoms with Gasteiger partial charge in [0.2, 0.25) is 10.0 Å². The fourth-order valence-corrected chi connectivity index (χ4v) is 2.77. The maximum Gasteiger partial charge on any atom is 0.319 e. The minimum absolute atomic E-state index is 0.0361. The van der Waals surface area contributed by atoms with Crippen LogP contribution in [0.1, 0.15) is 24.0 Å². The Kier molecular flexibility index (Phi) is 4.69. The van der Waals surface area contributed by atoms with Gasteiger partial charge in [-0.25, -0.2) is 18.1 Å². The van der Waals surface area contributed by atoms with Gasteiger partial charge in [-0.3, -0.25) is 4.57 Å². The number of halogens is 2. The second-order valence-electron chi connectivity index (χ2n) is 4.59. The summed E-state index contributed by atoms with van der Waals surface area (Å²) >= 11 is 0. The average molecular weight is 315 g/mol. The van der Waals surface area contributed by atoms with E-state index in [1.807, 2.05) is 0 Å². The highest BCUT2D eigenvalue weighted by molar-refractivity contribution is 7.88. The smallest absolute Gasteiger partial charge is 0.278 e. The highest BCUT2D eigenvalue weighted by atomic mass is 32.2. The van der Waals surface area contributed by atoms with Crippen LogP contribution in [-0.2, 0) is 16.4 Å². The molecule has 0 aliphatic carbocycles. The minimum atomic E-state index is -3.48. The van der Waals surface area contributed by atoms with E-state index in [-0.39, 0.29) is 12.2 Å². The molecule has 8 heteroatoms. The average Bonchev–Trinajstić information content (AvgIpc) is 2.86. The quantitative estimate of drug-likeness (QED) is 0.888. The molecule has 0 bridgehead atoms. The van der Waals surface area contributed by atoms with Gasteiger partial charge in [-0.1, -0.05) is 30.3 Å². The molecule has 114 valence electrons. The predicted molar refractivity (Wildman–Crippen MR) is 74.3 cm³/mol. The van der Waals surface area contributed by atoms with E-state index in [4.69, 9.17) is 0 Å². The summed E-state index contributed by atoms with van der Waals surface area (Å²) < 4.78 is 51.8. The molecule has 1 aromatic heterocycles. The highest BCUT2D eigenvalue weighted by Gasteiger charge is 2.20. The van der Waals surface area contributed by atoms with Crippen LogP contribution in [0.15, 0.2) is 42.7 Å². The molecule has 2 rings (SSSR count). The molecule has 2 aromatic rings. The van der Waals surface area contributed by atoms with Crippen LogP contribution in [-0.4, -0.2) is 24.2 Å². The summed E-state index contributed by atoms with van der Waals surface area (Å²) in [6.45, 7) is -2.71. The maximum absolute atomic E-state index is 12.8. The molecule has 1 heterocycles. The summed E-state index contributed by atoms with van der Waals surface area (Å²) in [5, 5.41) is 0. The van der Waals surface area contributed by atoms with E-state index >= 15 is 0 Å². The second-order valence-corrected chi connectivity index (χ2v) is 6.37. The van der Waals surface area contributed by atoms with Gasteiger partial charge >= 0.3 is 6.55 Å². The largest absolute Gasteiger partial charge is 0.319 e. The number of benzene rings is 1. The lowest BCUT2D eigenvalue weighted by Gasteiger charge is -2.18. The molecule has 1 unspecified atom stereocenters. The molecule has 0 fully saturated rings. The highest BCUT2D eigenvalue weighted by Crippen LogP contribution is 2.21. The van der Waals surface area contributed by atoms with Crippen molar-refractivity contribution in [1.29, 1.82) is 0 Å². The molecular formula is C13H15F2N3O2S. The molecule has 0 saturated carbocycles. The number of nitrogens with zero attached hydrogens (tertiary/aromatic N) is 2. The fourth-order valence-electron chi connectivity index (χ4n) is 2.03. The molecular weight excluding hydrogens is 300 g/mol. The molecule has 5 nitrogen and oxygen atoms in total. The standard InChI is InChI=1S/C13H15F2N3O2S/c1-21(19,20)17-11(10-5-3-2-4-6-10)9-12-16-7-8-18(12)13(14)15/h2-8,11,13,17H,9H2,1H3. The maximum atomic E-state index is 12.8. The third-order valence-electron chi connectivity index (χ3n) is 2.90. The monoisotopic (exact) mass is 315 g/mol. The Morgan fingerprint density at radius 1 is 1.29 bits per heavy atom. The van der Waals surface area contributed by atoms with Crippen LogP contribution in [0.4, 0.5) is 8.78 Å². The SMILES string of the molecule is CS(=O)(=O)NC(Cc1nccn1C(F)F)c1ccccc1. The van der Waals surface area contributed by atoms with Gasteiger partial charge in [-0.05, 0) is 5.56 Å². The van der Waals surface area contributed by atoms with Gasteiger partial charge in [-0.15, -0.1) is 0 Å². The van der Waals surface area contributed by atoms with Crippen LogP contribution in [0.2, 0.25) is 0 Å². The van der Waals surface area contributed by atoms with E-state index in [1.54, 1.807) is 30.3 Å². The third kappa shape index (κ3) is 4.33. The summed E-state index contributed by atoms with van der Waals surface area (Å²) in [5.41, 5.74) is 0.687. The van der Waals surface area contributed by atoms with E-state index in [0.29, 0.717) is 5.56 Å². The molecule has 1 atom stereocenters. The topological polar surface area (TPSA) is 64.0 Å². The first kappa shape index (κ1) is 15.6. The summed E-state index contributed by atoms with van der Waals surface area (Å²) in [7, 11) is -3.48. The van der Waals surface area contributed by atoms with Crippen LogP contribution < -0.4 is 4.72 Å². The van der Waals surface area contributed by atoms with Crippen LogP contribution in [0.25, 0.3) is 0 Å². The molecule has 0 spiro atoms. The summed E-state index contributed by atoms with van der Waals surface area (Å²) in [5.74, 6) is 0.120. The lowest BCUT2D eigenvalue weighted by atomic mass is 10.0. The van der Waals surface area contributed by atoms with Crippen molar-refractivity contribution in [2.75, 3.05) is 6.26 Å². The molecule has 0 aliphatic heterocycles. The first-order valence-corrected chi connectivity index (χ1v) is 8.08. The zero-order valence-electron chi connectivity index (χ0n) is 11.3. The lowest BCUT2D eigenvalue weighted by molar-refractivity contribution is 0.0667. The molecule has 0 radical (unpaired) electrons. The van der Waals surface area contributed by atoms with Gasteiger partial charge in [0.25, 0.3) is 0 Å². The minimum Gasteiger partial charge on any atom is -0.278 e. The Morgan fingerprint density at radius 3 is 2.52 bits per heavy atom. The van der Waals surface area contributed by atoms with Crippen molar-refractivity contribution < 1.29 is 17.2 Å². The molecule has 1 N–H and O–H groups in total. The van der Waals surface area contributed by atoms with Crippen molar-refractivity contribution in [3.05, 3.63) is 54.1 Å². The van der Waals surface area contributed by atoms with Gasteiger partial charge in [0.15, 0.2) is 0 Å². The number of nitrogens with one attached hydrogen (secondary N) is 1. The summed E-state index contributed by atoms with van der Waals surface area (Å²) in [4.78, 5) is 3.88. The van der Waals surface area contributed by atoms with Crippen LogP contribution in [0, 0.1) is 0 Å². The van der Waals surface area contributed by atoms with Gasteiger partial charge in [0.1, 0.15) is 5.82 Å². The van der Waals surface area contributed by atoms with Crippen LogP contribution in [0.5, 0.6) is 0 Å². The van der Waals surface area contributed by atoms with Crippen molar-refractivity contribution in [2.24, 2.45) is 0 Å². The van der Waals surface area contributed by atoms with Crippen molar-refractivity contribution in [3.63, 3.8) is 0 Å². The van der Waals surface area contributed by atoms with Crippen molar-refractivity contribution in [1.82, 2.24) is 14.3 Å². The Hall–Kier alpha value is -1.80. The number of aromatic nitrogens is 2. The number of hydrogen-bond acceptors (Lipinski definition) is 3. The zero-order valence-corrected chi connectivity index (χ0v) is 12.1. The van der Waals surface area contributed by atoms with E-state index in [1.165, 1.54) is 12.4 Å². The van der Waals surface area contributed by atoms with E-state index < -0.39 is 22.6 Å². The van der Waals surface area contributed by atoms with E-state index in [2.05, 4.69) is 9.71 Å². The van der Waals surface area contributed by atoms with Crippen molar-refractivity contribution in [2.45, 2.75) is 19.0 Å². The Labute approximate surface area is 121 Å². The van der Waals surface area contributed by atoms with Crippen molar-refractivity contribution in [3.8, 4) is 0 Å². The first-order chi connectivity index (χ1) is 9.87. The summed E-state index contributed by atoms with van der Waals surface area (Å²) in [6, 6.07) is 8.12. The number of alkyl halides is 2. The second kappa shape index (κ2) is 6.31. The van der Waals surface area contributed by atoms with Crippen molar-refractivity contribution >= 4 is 10.0 Å². The lowest BCUT2D eigenvalue weighted by Crippen LogP contribution is -2.29. The summed E-state index contributed by atoms with van der Waals surface area (Å²) in [6.07, 6.45) is 3.50. The molecule has 1 aromatic carbocycles. The Bertz CT molecular complexity index is 686. The number of imidazole rings is 1. The van der Waals surface area contributed by atoms with Crippen LogP contribution in [0.3, 0.4) is 0 Å². The number of hydrogen-bond donors (Lipinski definition) is 1. The van der Waals surface area contributed by atoms with Gasteiger partial charge in [-0.2, -0.15) is 8.78 Å². The normalized spacial score (nSPS) is 13.5. The van der Waals surface area contributed by atoms with Gasteiger partial charge < -0.3 is 0 Å². The van der Waals surface area contributed by atoms with Gasteiger partial charge in [0.05, 0.1) is 12.3 Å². The molecule has 0 saturated heterocycles. The zero-order chi connectivity index (χ0) is 15.5. The van der Waals surface area contributed by atoms with Gasteiger partial charge in [0, 0.05) is 18.8 Å². The third-order valence-corrected chi connectivity index (χ3v) is 3.62. The first-order valence-electron chi connectivity index (χ1n) is 6.19. The molecule has 0 amide bonds. The Morgan fingerprint density at radius 2 is 1.95 bits per heavy atom.